The van der Waals surface area contributed by atoms with Gasteiger partial charge in [-0.1, -0.05) is 25.4 Å². The zero-order chi connectivity index (χ0) is 12.6. The van der Waals surface area contributed by atoms with Gasteiger partial charge in [0, 0.05) is 11.1 Å². The molecule has 1 saturated carbocycles. The van der Waals surface area contributed by atoms with Gasteiger partial charge in [-0.25, -0.2) is 0 Å². The molecule has 0 heterocycles. The Labute approximate surface area is 108 Å². The molecule has 1 fully saturated rings. The van der Waals surface area contributed by atoms with Crippen LogP contribution < -0.4 is 10.5 Å². The SMILES string of the molecule is COc1c(Cl)cc(C(C)C)cc1C1(N)CCC1. The molecule has 0 saturated heterocycles. The third-order valence-electron chi connectivity index (χ3n) is 3.72. The van der Waals surface area contributed by atoms with Crippen LogP contribution >= 0.6 is 11.6 Å². The number of nitrogens with two attached hydrogens (primary N) is 1. The fourth-order valence-electron chi connectivity index (χ4n) is 2.35. The van der Waals surface area contributed by atoms with Crippen molar-refractivity contribution in [2.75, 3.05) is 7.11 Å². The van der Waals surface area contributed by atoms with Gasteiger partial charge in [0.05, 0.1) is 12.1 Å². The normalized spacial score (nSPS) is 18.0. The summed E-state index contributed by atoms with van der Waals surface area (Å²) in [4.78, 5) is 0. The fourth-order valence-corrected chi connectivity index (χ4v) is 2.66. The summed E-state index contributed by atoms with van der Waals surface area (Å²) in [6, 6.07) is 4.14. The minimum Gasteiger partial charge on any atom is -0.495 e. The molecule has 2 rings (SSSR count). The Kier molecular flexibility index (Phi) is 3.37. The van der Waals surface area contributed by atoms with Crippen LogP contribution in [0.3, 0.4) is 0 Å². The van der Waals surface area contributed by atoms with Gasteiger partial charge in [0.15, 0.2) is 0 Å². The van der Waals surface area contributed by atoms with E-state index in [1.807, 2.05) is 6.07 Å². The minimum atomic E-state index is -0.236. The molecule has 2 nitrogen and oxygen atoms in total. The lowest BCUT2D eigenvalue weighted by Gasteiger charge is -2.40. The molecule has 0 amide bonds. The average molecular weight is 254 g/mol. The van der Waals surface area contributed by atoms with Crippen molar-refractivity contribution in [3.63, 3.8) is 0 Å². The molecule has 1 aliphatic rings. The molecule has 1 aliphatic carbocycles. The van der Waals surface area contributed by atoms with Crippen molar-refractivity contribution >= 4 is 11.6 Å². The monoisotopic (exact) mass is 253 g/mol. The molecular formula is C14H20ClNO. The van der Waals surface area contributed by atoms with E-state index in [2.05, 4.69) is 19.9 Å². The van der Waals surface area contributed by atoms with Gasteiger partial charge >= 0.3 is 0 Å². The lowest BCUT2D eigenvalue weighted by atomic mass is 9.72. The van der Waals surface area contributed by atoms with Gasteiger partial charge in [-0.05, 0) is 42.9 Å². The van der Waals surface area contributed by atoms with E-state index in [0.717, 1.165) is 24.2 Å². The van der Waals surface area contributed by atoms with Gasteiger partial charge in [0.2, 0.25) is 0 Å². The van der Waals surface area contributed by atoms with E-state index < -0.39 is 0 Å². The van der Waals surface area contributed by atoms with Crippen molar-refractivity contribution in [2.24, 2.45) is 5.73 Å². The molecule has 94 valence electrons. The first-order valence-corrected chi connectivity index (χ1v) is 6.52. The van der Waals surface area contributed by atoms with Crippen LogP contribution in [0.25, 0.3) is 0 Å². The second-order valence-electron chi connectivity index (χ2n) is 5.25. The highest BCUT2D eigenvalue weighted by Gasteiger charge is 2.37. The van der Waals surface area contributed by atoms with Crippen molar-refractivity contribution in [1.82, 2.24) is 0 Å². The highest BCUT2D eigenvalue weighted by atomic mass is 35.5. The molecular weight excluding hydrogens is 234 g/mol. The van der Waals surface area contributed by atoms with Crippen LogP contribution in [0, 0.1) is 0 Å². The first-order chi connectivity index (χ1) is 7.98. The van der Waals surface area contributed by atoms with Crippen LogP contribution in [0.2, 0.25) is 5.02 Å². The molecule has 1 aromatic carbocycles. The minimum absolute atomic E-state index is 0.236. The summed E-state index contributed by atoms with van der Waals surface area (Å²) in [6.07, 6.45) is 3.21. The van der Waals surface area contributed by atoms with Gasteiger partial charge in [-0.3, -0.25) is 0 Å². The molecule has 0 atom stereocenters. The number of methoxy groups -OCH3 is 1. The number of halogens is 1. The maximum Gasteiger partial charge on any atom is 0.142 e. The molecule has 0 unspecified atom stereocenters. The highest BCUT2D eigenvalue weighted by Crippen LogP contribution is 2.46. The Morgan fingerprint density at radius 3 is 2.41 bits per heavy atom. The van der Waals surface area contributed by atoms with Crippen molar-refractivity contribution in [3.05, 3.63) is 28.3 Å². The van der Waals surface area contributed by atoms with Crippen LogP contribution in [-0.4, -0.2) is 7.11 Å². The predicted octanol–water partition coefficient (Wildman–Crippen LogP) is 3.81. The molecule has 0 radical (unpaired) electrons. The lowest BCUT2D eigenvalue weighted by Crippen LogP contribution is -2.43. The maximum atomic E-state index is 6.40. The summed E-state index contributed by atoms with van der Waals surface area (Å²) >= 11 is 6.29. The summed E-state index contributed by atoms with van der Waals surface area (Å²) in [7, 11) is 1.65. The molecule has 0 aromatic heterocycles. The Morgan fingerprint density at radius 1 is 1.35 bits per heavy atom. The summed E-state index contributed by atoms with van der Waals surface area (Å²) < 4.78 is 5.42. The summed E-state index contributed by atoms with van der Waals surface area (Å²) in [5.41, 5.74) is 8.46. The zero-order valence-electron chi connectivity index (χ0n) is 10.7. The van der Waals surface area contributed by atoms with Gasteiger partial charge in [0.1, 0.15) is 5.75 Å². The Morgan fingerprint density at radius 2 is 2.00 bits per heavy atom. The van der Waals surface area contributed by atoms with Gasteiger partial charge < -0.3 is 10.5 Å². The van der Waals surface area contributed by atoms with Gasteiger partial charge in [-0.2, -0.15) is 0 Å². The zero-order valence-corrected chi connectivity index (χ0v) is 11.5. The van der Waals surface area contributed by atoms with Crippen LogP contribution in [-0.2, 0) is 5.54 Å². The largest absolute Gasteiger partial charge is 0.495 e. The van der Waals surface area contributed by atoms with E-state index in [9.17, 15) is 0 Å². The van der Waals surface area contributed by atoms with E-state index in [-0.39, 0.29) is 5.54 Å². The number of rotatable bonds is 3. The molecule has 0 bridgehead atoms. The molecule has 1 aromatic rings. The highest BCUT2D eigenvalue weighted by molar-refractivity contribution is 6.32. The van der Waals surface area contributed by atoms with Crippen molar-refractivity contribution in [2.45, 2.75) is 44.6 Å². The Bertz CT molecular complexity index is 424. The third-order valence-corrected chi connectivity index (χ3v) is 4.00. The first-order valence-electron chi connectivity index (χ1n) is 6.15. The van der Waals surface area contributed by atoms with E-state index in [1.54, 1.807) is 7.11 Å². The molecule has 0 spiro atoms. The topological polar surface area (TPSA) is 35.2 Å². The van der Waals surface area contributed by atoms with Crippen molar-refractivity contribution in [1.29, 1.82) is 0 Å². The maximum absolute atomic E-state index is 6.40. The molecule has 17 heavy (non-hydrogen) atoms. The average Bonchev–Trinajstić information content (AvgIpc) is 2.24. The first kappa shape index (κ1) is 12.7. The summed E-state index contributed by atoms with van der Waals surface area (Å²) in [5.74, 6) is 1.19. The second kappa shape index (κ2) is 4.51. The van der Waals surface area contributed by atoms with E-state index >= 15 is 0 Å². The molecule has 2 N–H and O–H groups in total. The molecule has 3 heteroatoms. The van der Waals surface area contributed by atoms with Crippen molar-refractivity contribution in [3.8, 4) is 5.75 Å². The number of ether oxygens (including phenoxy) is 1. The van der Waals surface area contributed by atoms with Crippen molar-refractivity contribution < 1.29 is 4.74 Å². The van der Waals surface area contributed by atoms with Crippen LogP contribution in [0.15, 0.2) is 12.1 Å². The lowest BCUT2D eigenvalue weighted by molar-refractivity contribution is 0.243. The van der Waals surface area contributed by atoms with Crippen LogP contribution in [0.4, 0.5) is 0 Å². The Hall–Kier alpha value is -0.730. The number of hydrogen-bond acceptors (Lipinski definition) is 2. The predicted molar refractivity (Wildman–Crippen MR) is 71.8 cm³/mol. The number of benzene rings is 1. The summed E-state index contributed by atoms with van der Waals surface area (Å²) in [6.45, 7) is 4.32. The number of hydrogen-bond donors (Lipinski definition) is 1. The standard InChI is InChI=1S/C14H20ClNO/c1-9(2)10-7-11(14(16)5-4-6-14)13(17-3)12(15)8-10/h7-9H,4-6,16H2,1-3H3. The van der Waals surface area contributed by atoms with E-state index in [0.29, 0.717) is 10.9 Å². The van der Waals surface area contributed by atoms with E-state index in [4.69, 9.17) is 22.1 Å². The van der Waals surface area contributed by atoms with E-state index in [1.165, 1.54) is 12.0 Å². The smallest absolute Gasteiger partial charge is 0.142 e. The summed E-state index contributed by atoms with van der Waals surface area (Å²) in [5, 5.41) is 0.672. The quantitative estimate of drug-likeness (QED) is 0.889. The molecule has 0 aliphatic heterocycles. The van der Waals surface area contributed by atoms with Gasteiger partial charge in [0.25, 0.3) is 0 Å². The van der Waals surface area contributed by atoms with Crippen LogP contribution in [0.1, 0.15) is 50.2 Å². The fraction of sp³-hybridized carbons (Fsp3) is 0.571. The third kappa shape index (κ3) is 2.16. The Balaban J connectivity index is 2.54. The van der Waals surface area contributed by atoms with Crippen LogP contribution in [0.5, 0.6) is 5.75 Å². The second-order valence-corrected chi connectivity index (χ2v) is 5.66. The van der Waals surface area contributed by atoms with Gasteiger partial charge in [-0.15, -0.1) is 0 Å².